The summed E-state index contributed by atoms with van der Waals surface area (Å²) in [6.07, 6.45) is 0. The van der Waals surface area contributed by atoms with Gasteiger partial charge in [0.05, 0.1) is 0 Å². The molecule has 1 aromatic heterocycles. The molecule has 0 aliphatic rings. The predicted molar refractivity (Wildman–Crippen MR) is 143 cm³/mol. The zero-order valence-electron chi connectivity index (χ0n) is 20.5. The van der Waals surface area contributed by atoms with Crippen LogP contribution in [0.5, 0.6) is 11.5 Å². The van der Waals surface area contributed by atoms with Crippen molar-refractivity contribution in [2.24, 2.45) is 0 Å². The van der Waals surface area contributed by atoms with Crippen LogP contribution in [0.15, 0.2) is 91.0 Å². The number of nitrogens with zero attached hydrogens (tertiary/aromatic N) is 3. The summed E-state index contributed by atoms with van der Waals surface area (Å²) in [5.74, 6) is 1.46. The maximum atomic E-state index is 11.5. The van der Waals surface area contributed by atoms with Gasteiger partial charge in [-0.1, -0.05) is 24.8 Å². The minimum absolute atomic E-state index is 0.220. The Morgan fingerprint density at radius 3 is 1.63 bits per heavy atom. The summed E-state index contributed by atoms with van der Waals surface area (Å²) < 4.78 is 15.4. The highest BCUT2D eigenvalue weighted by atomic mass is 16.7. The van der Waals surface area contributed by atoms with E-state index in [2.05, 4.69) is 37.5 Å². The molecule has 1 heterocycles. The number of esters is 1. The lowest BCUT2D eigenvalue weighted by Gasteiger charge is -2.12. The van der Waals surface area contributed by atoms with E-state index in [1.807, 2.05) is 30.3 Å². The molecule has 3 aromatic carbocycles. The van der Waals surface area contributed by atoms with Crippen molar-refractivity contribution in [3.63, 3.8) is 0 Å². The molecule has 0 bridgehead atoms. The van der Waals surface area contributed by atoms with Crippen LogP contribution in [-0.4, -0.2) is 39.6 Å². The van der Waals surface area contributed by atoms with Gasteiger partial charge in [0.15, 0.2) is 6.79 Å². The SMILES string of the molecule is C=C(C)C(=O)OCOc1ccc(Nc2nc(Nc3ccccc3)nc(Nc3ccc(OCO)cc3)n2)cc1. The minimum atomic E-state index is -0.517. The van der Waals surface area contributed by atoms with E-state index >= 15 is 0 Å². The van der Waals surface area contributed by atoms with Gasteiger partial charge in [0.25, 0.3) is 0 Å². The zero-order chi connectivity index (χ0) is 26.7. The number of carbonyl (C=O) groups excluding carboxylic acids is 1. The molecule has 0 amide bonds. The van der Waals surface area contributed by atoms with Gasteiger partial charge in [-0.15, -0.1) is 0 Å². The van der Waals surface area contributed by atoms with E-state index in [-0.39, 0.29) is 6.79 Å². The van der Waals surface area contributed by atoms with Gasteiger partial charge in [-0.05, 0) is 67.6 Å². The van der Waals surface area contributed by atoms with Crippen LogP contribution in [0, 0.1) is 0 Å². The lowest BCUT2D eigenvalue weighted by atomic mass is 10.3. The summed E-state index contributed by atoms with van der Waals surface area (Å²) in [4.78, 5) is 24.9. The summed E-state index contributed by atoms with van der Waals surface area (Å²) in [6.45, 7) is 4.47. The molecule has 4 rings (SSSR count). The fourth-order valence-corrected chi connectivity index (χ4v) is 3.07. The molecule has 0 radical (unpaired) electrons. The van der Waals surface area contributed by atoms with E-state index < -0.39 is 12.8 Å². The Kier molecular flexibility index (Phi) is 8.66. The minimum Gasteiger partial charge on any atom is -0.468 e. The molecule has 0 aliphatic carbocycles. The Labute approximate surface area is 219 Å². The number of benzene rings is 3. The molecule has 0 fully saturated rings. The summed E-state index contributed by atoms with van der Waals surface area (Å²) in [5, 5.41) is 18.4. The lowest BCUT2D eigenvalue weighted by molar-refractivity contribution is -0.145. The average molecular weight is 515 g/mol. The highest BCUT2D eigenvalue weighted by molar-refractivity contribution is 5.86. The van der Waals surface area contributed by atoms with Gasteiger partial charge < -0.3 is 35.3 Å². The van der Waals surface area contributed by atoms with Crippen molar-refractivity contribution in [2.45, 2.75) is 6.92 Å². The summed E-state index contributed by atoms with van der Waals surface area (Å²) in [5.41, 5.74) is 2.53. The number of hydrogen-bond acceptors (Lipinski definition) is 11. The first-order chi connectivity index (χ1) is 18.5. The number of aliphatic hydroxyl groups is 1. The van der Waals surface area contributed by atoms with Crippen molar-refractivity contribution in [1.82, 2.24) is 15.0 Å². The average Bonchev–Trinajstić information content (AvgIpc) is 2.91. The number of aromatic nitrogens is 3. The molecule has 0 saturated carbocycles. The number of rotatable bonds is 12. The summed E-state index contributed by atoms with van der Waals surface area (Å²) in [6, 6.07) is 23.5. The molecule has 0 spiro atoms. The standard InChI is InChI=1S/C27H26N6O5/c1-18(2)24(35)38-17-37-23-14-10-21(11-15-23)30-27-32-25(28-19-6-4-3-5-7-19)31-26(33-27)29-20-8-12-22(13-9-20)36-16-34/h3-15,34H,1,16-17H2,2H3,(H3,28,29,30,31,32,33). The van der Waals surface area contributed by atoms with Crippen LogP contribution >= 0.6 is 0 Å². The van der Waals surface area contributed by atoms with E-state index in [0.717, 1.165) is 5.69 Å². The van der Waals surface area contributed by atoms with E-state index in [1.54, 1.807) is 55.5 Å². The van der Waals surface area contributed by atoms with Crippen molar-refractivity contribution in [1.29, 1.82) is 0 Å². The van der Waals surface area contributed by atoms with Crippen LogP contribution in [-0.2, 0) is 9.53 Å². The number of ether oxygens (including phenoxy) is 3. The third kappa shape index (κ3) is 7.67. The van der Waals surface area contributed by atoms with E-state index in [1.165, 1.54) is 0 Å². The van der Waals surface area contributed by atoms with Gasteiger partial charge in [-0.2, -0.15) is 15.0 Å². The number of carbonyl (C=O) groups is 1. The molecule has 4 N–H and O–H groups in total. The first kappa shape index (κ1) is 25.9. The van der Waals surface area contributed by atoms with E-state index in [0.29, 0.717) is 46.3 Å². The molecule has 0 saturated heterocycles. The second-order valence-electron chi connectivity index (χ2n) is 7.84. The third-order valence-corrected chi connectivity index (χ3v) is 4.88. The highest BCUT2D eigenvalue weighted by Crippen LogP contribution is 2.23. The Hall–Kier alpha value is -5.16. The second-order valence-corrected chi connectivity index (χ2v) is 7.84. The lowest BCUT2D eigenvalue weighted by Crippen LogP contribution is -2.10. The largest absolute Gasteiger partial charge is 0.468 e. The molecular formula is C27H26N6O5. The molecule has 4 aromatic rings. The smallest absolute Gasteiger partial charge is 0.335 e. The Bertz CT molecular complexity index is 1370. The molecule has 0 atom stereocenters. The number of aliphatic hydroxyl groups excluding tert-OH is 1. The molecule has 0 aliphatic heterocycles. The number of para-hydroxylation sites is 1. The first-order valence-corrected chi connectivity index (χ1v) is 11.5. The first-order valence-electron chi connectivity index (χ1n) is 11.5. The normalized spacial score (nSPS) is 10.3. The van der Waals surface area contributed by atoms with E-state index in [4.69, 9.17) is 19.3 Å². The van der Waals surface area contributed by atoms with Gasteiger partial charge in [-0.3, -0.25) is 0 Å². The zero-order valence-corrected chi connectivity index (χ0v) is 20.5. The fraction of sp³-hybridized carbons (Fsp3) is 0.111. The van der Waals surface area contributed by atoms with Crippen LogP contribution in [0.3, 0.4) is 0 Å². The molecular weight excluding hydrogens is 488 g/mol. The van der Waals surface area contributed by atoms with Gasteiger partial charge >= 0.3 is 5.97 Å². The van der Waals surface area contributed by atoms with Crippen molar-refractivity contribution in [3.8, 4) is 11.5 Å². The molecule has 194 valence electrons. The van der Waals surface area contributed by atoms with Crippen LogP contribution < -0.4 is 25.4 Å². The predicted octanol–water partition coefficient (Wildman–Crippen LogP) is 4.89. The highest BCUT2D eigenvalue weighted by Gasteiger charge is 2.09. The Balaban J connectivity index is 1.49. The van der Waals surface area contributed by atoms with Crippen LogP contribution in [0.1, 0.15) is 6.92 Å². The van der Waals surface area contributed by atoms with Gasteiger partial charge in [0, 0.05) is 22.6 Å². The fourth-order valence-electron chi connectivity index (χ4n) is 3.07. The maximum absolute atomic E-state index is 11.5. The molecule has 0 unspecified atom stereocenters. The summed E-state index contributed by atoms with van der Waals surface area (Å²) >= 11 is 0. The van der Waals surface area contributed by atoms with Crippen molar-refractivity contribution >= 4 is 40.9 Å². The number of hydrogen-bond donors (Lipinski definition) is 4. The molecule has 11 heteroatoms. The summed E-state index contributed by atoms with van der Waals surface area (Å²) in [7, 11) is 0. The number of nitrogens with one attached hydrogen (secondary N) is 3. The van der Waals surface area contributed by atoms with Crippen LogP contribution in [0.2, 0.25) is 0 Å². The molecule has 38 heavy (non-hydrogen) atoms. The van der Waals surface area contributed by atoms with Gasteiger partial charge in [0.2, 0.25) is 24.6 Å². The van der Waals surface area contributed by atoms with Gasteiger partial charge in [0.1, 0.15) is 11.5 Å². The van der Waals surface area contributed by atoms with Crippen molar-refractivity contribution < 1.29 is 24.1 Å². The maximum Gasteiger partial charge on any atom is 0.335 e. The Morgan fingerprint density at radius 2 is 1.18 bits per heavy atom. The van der Waals surface area contributed by atoms with E-state index in [9.17, 15) is 4.79 Å². The van der Waals surface area contributed by atoms with Crippen molar-refractivity contribution in [2.75, 3.05) is 29.5 Å². The van der Waals surface area contributed by atoms with Gasteiger partial charge in [-0.25, -0.2) is 4.79 Å². The Morgan fingerprint density at radius 1 is 0.737 bits per heavy atom. The second kappa shape index (κ2) is 12.7. The van der Waals surface area contributed by atoms with Crippen LogP contribution in [0.4, 0.5) is 34.9 Å². The molecule has 11 nitrogen and oxygen atoms in total. The third-order valence-electron chi connectivity index (χ3n) is 4.88. The quantitative estimate of drug-likeness (QED) is 0.117. The van der Waals surface area contributed by atoms with Crippen molar-refractivity contribution in [3.05, 3.63) is 91.0 Å². The van der Waals surface area contributed by atoms with Crippen LogP contribution in [0.25, 0.3) is 0 Å². The topological polar surface area (TPSA) is 140 Å². The monoisotopic (exact) mass is 514 g/mol. The number of anilines is 6.